The van der Waals surface area contributed by atoms with Crippen LogP contribution in [0.15, 0.2) is 17.9 Å². The third-order valence-corrected chi connectivity index (χ3v) is 3.61. The minimum absolute atomic E-state index is 0.624. The molecule has 0 atom stereocenters. The zero-order valence-corrected chi connectivity index (χ0v) is 11.4. The molecule has 0 fully saturated rings. The van der Waals surface area contributed by atoms with Crippen LogP contribution in [0.1, 0.15) is 16.1 Å². The van der Waals surface area contributed by atoms with Crippen molar-refractivity contribution < 1.29 is 0 Å². The van der Waals surface area contributed by atoms with Crippen LogP contribution < -0.4 is 10.6 Å². The zero-order chi connectivity index (χ0) is 13.0. The Morgan fingerprint density at radius 1 is 1.28 bits per heavy atom. The molecule has 0 radical (unpaired) electrons. The first-order valence-electron chi connectivity index (χ1n) is 5.81. The molecule has 2 heterocycles. The minimum Gasteiger partial charge on any atom is -0.339 e. The van der Waals surface area contributed by atoms with E-state index in [4.69, 9.17) is 5.73 Å². The summed E-state index contributed by atoms with van der Waals surface area (Å²) >= 11 is 1.66. The fourth-order valence-electron chi connectivity index (χ4n) is 1.60. The third kappa shape index (κ3) is 3.02. The highest BCUT2D eigenvalue weighted by atomic mass is 32.1. The topological polar surface area (TPSA) is 67.9 Å². The van der Waals surface area contributed by atoms with Crippen LogP contribution in [0.25, 0.3) is 0 Å². The van der Waals surface area contributed by atoms with Crippen molar-refractivity contribution >= 4 is 17.3 Å². The van der Waals surface area contributed by atoms with Crippen molar-refractivity contribution in [2.45, 2.75) is 19.9 Å². The number of hydrogen-bond donors (Lipinski definition) is 1. The van der Waals surface area contributed by atoms with Gasteiger partial charge in [0.25, 0.3) is 0 Å². The molecule has 0 saturated heterocycles. The fourth-order valence-corrected chi connectivity index (χ4v) is 2.43. The molecular weight excluding hydrogens is 246 g/mol. The van der Waals surface area contributed by atoms with Crippen molar-refractivity contribution in [3.05, 3.63) is 34.0 Å². The predicted molar refractivity (Wildman–Crippen MR) is 73.7 cm³/mol. The molecule has 0 aliphatic carbocycles. The predicted octanol–water partition coefficient (Wildman–Crippen LogP) is 1.38. The van der Waals surface area contributed by atoms with Gasteiger partial charge in [0, 0.05) is 24.3 Å². The highest BCUT2D eigenvalue weighted by molar-refractivity contribution is 7.09. The van der Waals surface area contributed by atoms with Gasteiger partial charge in [-0.05, 0) is 25.5 Å². The Morgan fingerprint density at radius 3 is 2.56 bits per heavy atom. The summed E-state index contributed by atoms with van der Waals surface area (Å²) in [6, 6.07) is 0. The number of nitrogens with zero attached hydrogens (tertiary/aromatic N) is 4. The molecule has 18 heavy (non-hydrogen) atoms. The van der Waals surface area contributed by atoms with E-state index in [0.717, 1.165) is 30.2 Å². The summed E-state index contributed by atoms with van der Waals surface area (Å²) in [5.41, 5.74) is 9.51. The van der Waals surface area contributed by atoms with Crippen LogP contribution in [0.4, 0.5) is 5.95 Å². The van der Waals surface area contributed by atoms with Gasteiger partial charge < -0.3 is 10.6 Å². The average molecular weight is 263 g/mol. The van der Waals surface area contributed by atoms with Gasteiger partial charge >= 0.3 is 0 Å². The molecule has 2 rings (SSSR count). The Morgan fingerprint density at radius 2 is 2.00 bits per heavy atom. The molecule has 0 aliphatic rings. The molecule has 0 amide bonds. The number of aryl methyl sites for hydroxylation is 1. The lowest BCUT2D eigenvalue weighted by molar-refractivity contribution is 0.856. The summed E-state index contributed by atoms with van der Waals surface area (Å²) in [6.07, 6.45) is 4.49. The van der Waals surface area contributed by atoms with Crippen molar-refractivity contribution in [2.75, 3.05) is 18.5 Å². The van der Waals surface area contributed by atoms with Crippen molar-refractivity contribution in [3.8, 4) is 0 Å². The van der Waals surface area contributed by atoms with E-state index in [0.29, 0.717) is 6.54 Å². The van der Waals surface area contributed by atoms with E-state index in [2.05, 4.69) is 15.0 Å². The maximum absolute atomic E-state index is 5.49. The zero-order valence-electron chi connectivity index (χ0n) is 10.6. The summed E-state index contributed by atoms with van der Waals surface area (Å²) < 4.78 is 0. The number of nitrogens with two attached hydrogens (primary N) is 1. The maximum atomic E-state index is 5.49. The lowest BCUT2D eigenvalue weighted by Crippen LogP contribution is -2.19. The van der Waals surface area contributed by atoms with Crippen LogP contribution in [0.3, 0.4) is 0 Å². The Hall–Kier alpha value is -1.53. The van der Waals surface area contributed by atoms with E-state index < -0.39 is 0 Å². The maximum Gasteiger partial charge on any atom is 0.225 e. The summed E-state index contributed by atoms with van der Waals surface area (Å²) in [5, 5.41) is 0. The average Bonchev–Trinajstić information content (AvgIpc) is 2.76. The quantitative estimate of drug-likeness (QED) is 0.882. The fraction of sp³-hybridized carbons (Fsp3) is 0.417. The van der Waals surface area contributed by atoms with Gasteiger partial charge in [0.1, 0.15) is 0 Å². The van der Waals surface area contributed by atoms with E-state index >= 15 is 0 Å². The van der Waals surface area contributed by atoms with Crippen molar-refractivity contribution in [1.82, 2.24) is 15.0 Å². The van der Waals surface area contributed by atoms with Gasteiger partial charge in [-0.1, -0.05) is 0 Å². The summed E-state index contributed by atoms with van der Waals surface area (Å²) in [5.74, 6) is 0.726. The molecule has 0 bridgehead atoms. The van der Waals surface area contributed by atoms with E-state index in [1.807, 2.05) is 36.8 Å². The first-order valence-corrected chi connectivity index (χ1v) is 6.69. The van der Waals surface area contributed by atoms with Gasteiger partial charge in [-0.25, -0.2) is 15.0 Å². The second kappa shape index (κ2) is 5.88. The lowest BCUT2D eigenvalue weighted by Gasteiger charge is -2.16. The summed E-state index contributed by atoms with van der Waals surface area (Å²) in [6.45, 7) is 3.43. The van der Waals surface area contributed by atoms with Crippen LogP contribution in [0.2, 0.25) is 0 Å². The molecule has 0 saturated carbocycles. The third-order valence-electron chi connectivity index (χ3n) is 2.69. The number of thiazole rings is 1. The molecule has 0 aromatic carbocycles. The van der Waals surface area contributed by atoms with Crippen LogP contribution >= 0.6 is 11.3 Å². The van der Waals surface area contributed by atoms with Gasteiger partial charge in [0.2, 0.25) is 5.95 Å². The number of hydrogen-bond acceptors (Lipinski definition) is 6. The molecule has 96 valence electrons. The van der Waals surface area contributed by atoms with Crippen LogP contribution in [-0.4, -0.2) is 28.5 Å². The monoisotopic (exact) mass is 263 g/mol. The second-order valence-electron chi connectivity index (χ2n) is 4.15. The van der Waals surface area contributed by atoms with E-state index in [-0.39, 0.29) is 0 Å². The standard InChI is InChI=1S/C12H17N5S/c1-9-11(18-8-16-9)7-17(2)12-14-5-10(3-4-13)6-15-12/h5-6,8H,3-4,7,13H2,1-2H3. The largest absolute Gasteiger partial charge is 0.339 e. The molecule has 5 nitrogen and oxygen atoms in total. The van der Waals surface area contributed by atoms with Crippen LogP contribution in [0.5, 0.6) is 0 Å². The molecule has 2 aromatic heterocycles. The van der Waals surface area contributed by atoms with Crippen molar-refractivity contribution in [1.29, 1.82) is 0 Å². The Balaban J connectivity index is 2.04. The highest BCUT2D eigenvalue weighted by Gasteiger charge is 2.08. The number of anilines is 1. The van der Waals surface area contributed by atoms with E-state index in [9.17, 15) is 0 Å². The Bertz CT molecular complexity index is 493. The molecule has 0 spiro atoms. The Kier molecular flexibility index (Phi) is 4.22. The first kappa shape index (κ1) is 12.9. The van der Waals surface area contributed by atoms with Gasteiger partial charge in [-0.2, -0.15) is 0 Å². The van der Waals surface area contributed by atoms with E-state index in [1.54, 1.807) is 11.3 Å². The van der Waals surface area contributed by atoms with Crippen LogP contribution in [0, 0.1) is 6.92 Å². The van der Waals surface area contributed by atoms with E-state index in [1.165, 1.54) is 4.88 Å². The molecule has 0 aliphatic heterocycles. The van der Waals surface area contributed by atoms with Gasteiger partial charge in [0.05, 0.1) is 17.7 Å². The second-order valence-corrected chi connectivity index (χ2v) is 5.09. The molecule has 2 aromatic rings. The first-order chi connectivity index (χ1) is 8.70. The normalized spacial score (nSPS) is 10.6. The van der Waals surface area contributed by atoms with Gasteiger partial charge in [0.15, 0.2) is 0 Å². The summed E-state index contributed by atoms with van der Waals surface area (Å²) in [4.78, 5) is 16.2. The number of rotatable bonds is 5. The SMILES string of the molecule is Cc1ncsc1CN(C)c1ncc(CCN)cn1. The minimum atomic E-state index is 0.624. The lowest BCUT2D eigenvalue weighted by atomic mass is 10.2. The van der Waals surface area contributed by atoms with Gasteiger partial charge in [-0.15, -0.1) is 11.3 Å². The summed E-state index contributed by atoms with van der Waals surface area (Å²) in [7, 11) is 1.98. The molecule has 0 unspecified atom stereocenters. The van der Waals surface area contributed by atoms with Crippen molar-refractivity contribution in [2.24, 2.45) is 5.73 Å². The highest BCUT2D eigenvalue weighted by Crippen LogP contribution is 2.16. The number of aromatic nitrogens is 3. The van der Waals surface area contributed by atoms with Gasteiger partial charge in [-0.3, -0.25) is 0 Å². The molecular formula is C12H17N5S. The molecule has 2 N–H and O–H groups in total. The van der Waals surface area contributed by atoms with Crippen LogP contribution in [-0.2, 0) is 13.0 Å². The van der Waals surface area contributed by atoms with Crippen molar-refractivity contribution in [3.63, 3.8) is 0 Å². The smallest absolute Gasteiger partial charge is 0.225 e. The Labute approximate surface area is 111 Å². The molecule has 6 heteroatoms.